The average molecular weight is 355 g/mol. The molecule has 0 heterocycles. The van der Waals surface area contributed by atoms with E-state index in [0.717, 1.165) is 6.54 Å². The first-order valence-corrected chi connectivity index (χ1v) is 7.15. The van der Waals surface area contributed by atoms with Crippen molar-refractivity contribution in [1.82, 2.24) is 10.6 Å². The number of para-hydroxylation sites is 1. The van der Waals surface area contributed by atoms with Gasteiger partial charge in [0.05, 0.1) is 0 Å². The van der Waals surface area contributed by atoms with Crippen LogP contribution in [0.1, 0.15) is 25.8 Å². The smallest absolute Gasteiger partial charge is 0.406 e. The normalized spacial score (nSPS) is 12.2. The number of hydrogen-bond acceptors (Lipinski definition) is 3. The molecular weight excluding hydrogens is 333 g/mol. The third-order valence-corrected chi connectivity index (χ3v) is 2.98. The number of carbonyl (C=O) groups excluding carboxylic acids is 1. The zero-order chi connectivity index (χ0) is 16.6. The van der Waals surface area contributed by atoms with E-state index in [1.807, 2.05) is 13.8 Å². The molecule has 4 nitrogen and oxygen atoms in total. The first kappa shape index (κ1) is 21.5. The lowest BCUT2D eigenvalue weighted by atomic mass is 10.1. The average Bonchev–Trinajstić information content (AvgIpc) is 2.43. The lowest BCUT2D eigenvalue weighted by Gasteiger charge is -2.14. The number of benzene rings is 1. The second-order valence-electron chi connectivity index (χ2n) is 4.92. The van der Waals surface area contributed by atoms with Gasteiger partial charge in [-0.3, -0.25) is 4.79 Å². The molecule has 1 amide bonds. The van der Waals surface area contributed by atoms with E-state index in [2.05, 4.69) is 15.4 Å². The van der Waals surface area contributed by atoms with E-state index in [-0.39, 0.29) is 42.9 Å². The number of ether oxygens (including phenoxy) is 1. The van der Waals surface area contributed by atoms with Crippen molar-refractivity contribution in [2.24, 2.45) is 0 Å². The number of amides is 1. The minimum Gasteiger partial charge on any atom is -0.406 e. The van der Waals surface area contributed by atoms with Crippen LogP contribution < -0.4 is 15.4 Å². The van der Waals surface area contributed by atoms with Crippen molar-refractivity contribution < 1.29 is 22.7 Å². The summed E-state index contributed by atoms with van der Waals surface area (Å²) in [6, 6.07) is 5.99. The molecule has 0 radical (unpaired) electrons. The molecule has 1 aromatic carbocycles. The number of carbonyl (C=O) groups is 1. The number of aryl methyl sites for hydroxylation is 1. The summed E-state index contributed by atoms with van der Waals surface area (Å²) in [5, 5.41) is 5.89. The first-order valence-electron chi connectivity index (χ1n) is 7.15. The number of rotatable bonds is 8. The quantitative estimate of drug-likeness (QED) is 0.754. The van der Waals surface area contributed by atoms with Gasteiger partial charge in [-0.2, -0.15) is 0 Å². The van der Waals surface area contributed by atoms with Crippen molar-refractivity contribution in [2.45, 2.75) is 39.1 Å². The summed E-state index contributed by atoms with van der Waals surface area (Å²) in [6.45, 7) is 5.19. The Morgan fingerprint density at radius 3 is 2.57 bits per heavy atom. The maximum absolute atomic E-state index is 12.3. The fraction of sp³-hybridized carbons (Fsp3) is 0.533. The van der Waals surface area contributed by atoms with E-state index in [1.165, 1.54) is 18.2 Å². The minimum absolute atomic E-state index is 0. The van der Waals surface area contributed by atoms with Crippen LogP contribution in [0.2, 0.25) is 0 Å². The molecule has 0 aliphatic rings. The van der Waals surface area contributed by atoms with Gasteiger partial charge in [0.2, 0.25) is 5.91 Å². The fourth-order valence-electron chi connectivity index (χ4n) is 1.96. The number of likely N-dealkylation sites (N-methyl/N-ethyl adjacent to an activating group) is 1. The van der Waals surface area contributed by atoms with Gasteiger partial charge in [0.25, 0.3) is 0 Å². The molecule has 0 saturated carbocycles. The van der Waals surface area contributed by atoms with Crippen LogP contribution in [0.25, 0.3) is 0 Å². The van der Waals surface area contributed by atoms with Gasteiger partial charge >= 0.3 is 6.36 Å². The standard InChI is InChI=1S/C15H21F3N2O2.ClH/c1-3-19-11(2)10-20-14(21)9-8-12-6-4-5-7-13(12)22-15(16,17)18;/h4-7,11,19H,3,8-10H2,1-2H3,(H,20,21);1H/t11-;/m1./s1. The molecule has 0 fully saturated rings. The lowest BCUT2D eigenvalue weighted by Crippen LogP contribution is -2.38. The second-order valence-corrected chi connectivity index (χ2v) is 4.92. The Labute approximate surface area is 140 Å². The predicted molar refractivity (Wildman–Crippen MR) is 84.8 cm³/mol. The number of nitrogens with one attached hydrogen (secondary N) is 2. The van der Waals surface area contributed by atoms with Crippen molar-refractivity contribution >= 4 is 18.3 Å². The predicted octanol–water partition coefficient (Wildman–Crippen LogP) is 3.05. The Morgan fingerprint density at radius 1 is 1.30 bits per heavy atom. The van der Waals surface area contributed by atoms with Crippen LogP contribution in [0.3, 0.4) is 0 Å². The van der Waals surface area contributed by atoms with Gasteiger partial charge in [0.15, 0.2) is 0 Å². The third kappa shape index (κ3) is 9.30. The summed E-state index contributed by atoms with van der Waals surface area (Å²) in [7, 11) is 0. The van der Waals surface area contributed by atoms with Gasteiger partial charge in [-0.25, -0.2) is 0 Å². The van der Waals surface area contributed by atoms with Crippen molar-refractivity contribution in [3.8, 4) is 5.75 Å². The molecule has 2 N–H and O–H groups in total. The maximum Gasteiger partial charge on any atom is 0.573 e. The Bertz CT molecular complexity index is 484. The summed E-state index contributed by atoms with van der Waals surface area (Å²) in [5.74, 6) is -0.463. The number of alkyl halides is 3. The van der Waals surface area contributed by atoms with E-state index in [9.17, 15) is 18.0 Å². The molecular formula is C15H22ClF3N2O2. The highest BCUT2D eigenvalue weighted by Gasteiger charge is 2.31. The van der Waals surface area contributed by atoms with Gasteiger partial charge < -0.3 is 15.4 Å². The summed E-state index contributed by atoms with van der Waals surface area (Å²) in [6.07, 6.45) is -4.44. The van der Waals surface area contributed by atoms with Crippen LogP contribution >= 0.6 is 12.4 Å². The maximum atomic E-state index is 12.3. The van der Waals surface area contributed by atoms with Crippen LogP contribution in [0.4, 0.5) is 13.2 Å². The summed E-state index contributed by atoms with van der Waals surface area (Å²) >= 11 is 0. The van der Waals surface area contributed by atoms with Gasteiger partial charge in [0, 0.05) is 19.0 Å². The molecule has 132 valence electrons. The molecule has 0 bridgehead atoms. The zero-order valence-electron chi connectivity index (χ0n) is 13.1. The molecule has 0 spiro atoms. The summed E-state index contributed by atoms with van der Waals surface area (Å²) < 4.78 is 40.8. The molecule has 1 atom stereocenters. The largest absolute Gasteiger partial charge is 0.573 e. The van der Waals surface area contributed by atoms with E-state index in [0.29, 0.717) is 12.1 Å². The molecule has 0 aliphatic carbocycles. The first-order chi connectivity index (χ1) is 10.3. The number of hydrogen-bond donors (Lipinski definition) is 2. The fourth-order valence-corrected chi connectivity index (χ4v) is 1.96. The minimum atomic E-state index is -4.74. The molecule has 1 aromatic rings. The van der Waals surface area contributed by atoms with Crippen molar-refractivity contribution in [3.63, 3.8) is 0 Å². The van der Waals surface area contributed by atoms with Gasteiger partial charge in [-0.15, -0.1) is 25.6 Å². The highest BCUT2D eigenvalue weighted by atomic mass is 35.5. The van der Waals surface area contributed by atoms with Crippen LogP contribution in [0.5, 0.6) is 5.75 Å². The molecule has 0 aliphatic heterocycles. The third-order valence-electron chi connectivity index (χ3n) is 2.98. The lowest BCUT2D eigenvalue weighted by molar-refractivity contribution is -0.274. The number of halogens is 4. The monoisotopic (exact) mass is 354 g/mol. The van der Waals surface area contributed by atoms with Crippen molar-refractivity contribution in [2.75, 3.05) is 13.1 Å². The molecule has 0 saturated heterocycles. The Kier molecular flexibility index (Phi) is 9.67. The van der Waals surface area contributed by atoms with Crippen LogP contribution in [0.15, 0.2) is 24.3 Å². The zero-order valence-corrected chi connectivity index (χ0v) is 13.9. The van der Waals surface area contributed by atoms with E-state index >= 15 is 0 Å². The van der Waals surface area contributed by atoms with Gasteiger partial charge in [-0.1, -0.05) is 25.1 Å². The van der Waals surface area contributed by atoms with E-state index in [4.69, 9.17) is 0 Å². The van der Waals surface area contributed by atoms with Gasteiger partial charge in [0.1, 0.15) is 5.75 Å². The topological polar surface area (TPSA) is 50.4 Å². The van der Waals surface area contributed by atoms with Crippen molar-refractivity contribution in [3.05, 3.63) is 29.8 Å². The Balaban J connectivity index is 0.00000484. The Hall–Kier alpha value is -1.47. The Morgan fingerprint density at radius 2 is 1.96 bits per heavy atom. The summed E-state index contributed by atoms with van der Waals surface area (Å²) in [5.41, 5.74) is 0.356. The molecule has 0 unspecified atom stereocenters. The molecule has 1 rings (SSSR count). The van der Waals surface area contributed by atoms with Crippen LogP contribution in [0, 0.1) is 0 Å². The summed E-state index contributed by atoms with van der Waals surface area (Å²) in [4.78, 5) is 11.7. The van der Waals surface area contributed by atoms with E-state index in [1.54, 1.807) is 6.07 Å². The molecule has 23 heavy (non-hydrogen) atoms. The highest BCUT2D eigenvalue weighted by Crippen LogP contribution is 2.26. The molecule has 8 heteroatoms. The van der Waals surface area contributed by atoms with Crippen LogP contribution in [-0.2, 0) is 11.2 Å². The van der Waals surface area contributed by atoms with Crippen LogP contribution in [-0.4, -0.2) is 31.4 Å². The second kappa shape index (κ2) is 10.3. The van der Waals surface area contributed by atoms with Crippen molar-refractivity contribution in [1.29, 1.82) is 0 Å². The van der Waals surface area contributed by atoms with E-state index < -0.39 is 6.36 Å². The highest BCUT2D eigenvalue weighted by molar-refractivity contribution is 5.85. The SMILES string of the molecule is CCN[C@H](C)CNC(=O)CCc1ccccc1OC(F)(F)F.Cl. The molecule has 0 aromatic heterocycles. The van der Waals surface area contributed by atoms with Gasteiger partial charge in [-0.05, 0) is 31.5 Å².